The van der Waals surface area contributed by atoms with E-state index in [4.69, 9.17) is 0 Å². The van der Waals surface area contributed by atoms with Crippen LogP contribution in [0.5, 0.6) is 0 Å². The molecule has 1 rings (SSSR count). The van der Waals surface area contributed by atoms with Gasteiger partial charge >= 0.3 is 0 Å². The second-order valence-electron chi connectivity index (χ2n) is 3.80. The average Bonchev–Trinajstić information content (AvgIpc) is 2.28. The molecule has 0 saturated carbocycles. The lowest BCUT2D eigenvalue weighted by Gasteiger charge is -2.12. The Morgan fingerprint density at radius 3 is 2.41 bits per heavy atom. The van der Waals surface area contributed by atoms with Crippen LogP contribution in [0.4, 0.5) is 5.95 Å². The monoisotopic (exact) mass is 258 g/mol. The molecule has 0 bridgehead atoms. The summed E-state index contributed by atoms with van der Waals surface area (Å²) < 4.78 is 26.4. The number of aromatic nitrogens is 2. The van der Waals surface area contributed by atoms with Crippen molar-refractivity contribution >= 4 is 16.0 Å². The zero-order valence-electron chi connectivity index (χ0n) is 10.3. The van der Waals surface area contributed by atoms with Gasteiger partial charge in [-0.25, -0.2) is 23.1 Å². The maximum absolute atomic E-state index is 11.9. The van der Waals surface area contributed by atoms with Gasteiger partial charge in [0.05, 0.1) is 12.4 Å². The Kier molecular flexibility index (Phi) is 4.83. The van der Waals surface area contributed by atoms with Crippen LogP contribution >= 0.6 is 0 Å². The minimum atomic E-state index is -3.51. The van der Waals surface area contributed by atoms with Crippen LogP contribution < -0.4 is 10.0 Å². The SMILES string of the molecule is CCCC(C)NS(=O)(=O)c1cnc(NC)nc1. The number of nitrogens with one attached hydrogen (secondary N) is 2. The molecule has 1 aromatic heterocycles. The van der Waals surface area contributed by atoms with Gasteiger partial charge in [-0.2, -0.15) is 0 Å². The largest absolute Gasteiger partial charge is 0.357 e. The van der Waals surface area contributed by atoms with E-state index < -0.39 is 10.0 Å². The molecule has 2 N–H and O–H groups in total. The van der Waals surface area contributed by atoms with Crippen LogP contribution in [-0.4, -0.2) is 31.5 Å². The minimum absolute atomic E-state index is 0.0828. The van der Waals surface area contributed by atoms with Gasteiger partial charge in [-0.1, -0.05) is 13.3 Å². The predicted octanol–water partition coefficient (Wildman–Crippen LogP) is 0.985. The van der Waals surface area contributed by atoms with E-state index in [0.29, 0.717) is 5.95 Å². The molecule has 6 nitrogen and oxygen atoms in total. The molecule has 0 spiro atoms. The molecule has 0 amide bonds. The molecular weight excluding hydrogens is 240 g/mol. The van der Waals surface area contributed by atoms with Gasteiger partial charge in [0.15, 0.2) is 0 Å². The zero-order valence-corrected chi connectivity index (χ0v) is 11.1. The molecule has 0 saturated heterocycles. The summed E-state index contributed by atoms with van der Waals surface area (Å²) in [5.41, 5.74) is 0. The molecule has 17 heavy (non-hydrogen) atoms. The van der Waals surface area contributed by atoms with Gasteiger partial charge in [0.2, 0.25) is 16.0 Å². The molecule has 0 aliphatic heterocycles. The van der Waals surface area contributed by atoms with Crippen LogP contribution in [0, 0.1) is 0 Å². The van der Waals surface area contributed by atoms with Crippen molar-refractivity contribution in [2.75, 3.05) is 12.4 Å². The lowest BCUT2D eigenvalue weighted by Crippen LogP contribution is -2.32. The van der Waals surface area contributed by atoms with E-state index in [0.717, 1.165) is 12.8 Å². The van der Waals surface area contributed by atoms with Crippen LogP contribution in [-0.2, 0) is 10.0 Å². The summed E-state index contributed by atoms with van der Waals surface area (Å²) in [6, 6.07) is -0.0889. The van der Waals surface area contributed by atoms with Gasteiger partial charge in [0.1, 0.15) is 4.90 Å². The van der Waals surface area contributed by atoms with E-state index in [2.05, 4.69) is 20.0 Å². The van der Waals surface area contributed by atoms with E-state index >= 15 is 0 Å². The van der Waals surface area contributed by atoms with Gasteiger partial charge in [0.25, 0.3) is 0 Å². The third-order valence-electron chi connectivity index (χ3n) is 2.24. The Morgan fingerprint density at radius 2 is 1.94 bits per heavy atom. The first-order valence-electron chi connectivity index (χ1n) is 5.51. The van der Waals surface area contributed by atoms with Crippen molar-refractivity contribution in [2.24, 2.45) is 0 Å². The Morgan fingerprint density at radius 1 is 1.35 bits per heavy atom. The third kappa shape index (κ3) is 3.94. The van der Waals surface area contributed by atoms with E-state index in [-0.39, 0.29) is 10.9 Å². The molecule has 1 unspecified atom stereocenters. The van der Waals surface area contributed by atoms with E-state index in [9.17, 15) is 8.42 Å². The van der Waals surface area contributed by atoms with Crippen molar-refractivity contribution in [2.45, 2.75) is 37.6 Å². The summed E-state index contributed by atoms with van der Waals surface area (Å²) >= 11 is 0. The summed E-state index contributed by atoms with van der Waals surface area (Å²) in [6.45, 7) is 3.85. The standard InChI is InChI=1S/C10H18N4O2S/c1-4-5-8(2)14-17(15,16)9-6-12-10(11-3)13-7-9/h6-8,14H,4-5H2,1-3H3,(H,11,12,13). The van der Waals surface area contributed by atoms with Crippen LogP contribution in [0.15, 0.2) is 17.3 Å². The van der Waals surface area contributed by atoms with Crippen molar-refractivity contribution in [3.63, 3.8) is 0 Å². The number of rotatable bonds is 6. The first-order valence-corrected chi connectivity index (χ1v) is 7.00. The molecule has 7 heteroatoms. The summed E-state index contributed by atoms with van der Waals surface area (Å²) in [5.74, 6) is 0.394. The second kappa shape index (κ2) is 5.92. The molecule has 0 radical (unpaired) electrons. The van der Waals surface area contributed by atoms with Crippen LogP contribution in [0.2, 0.25) is 0 Å². The maximum Gasteiger partial charge on any atom is 0.243 e. The molecule has 0 aliphatic carbocycles. The molecule has 1 aromatic rings. The van der Waals surface area contributed by atoms with Crippen molar-refractivity contribution in [3.8, 4) is 0 Å². The minimum Gasteiger partial charge on any atom is -0.357 e. The normalized spacial score (nSPS) is 13.4. The highest BCUT2D eigenvalue weighted by molar-refractivity contribution is 7.89. The van der Waals surface area contributed by atoms with Crippen LogP contribution in [0.25, 0.3) is 0 Å². The molecule has 0 aromatic carbocycles. The van der Waals surface area contributed by atoms with Gasteiger partial charge in [-0.15, -0.1) is 0 Å². The molecule has 1 atom stereocenters. The number of anilines is 1. The molecule has 0 aliphatic rings. The topological polar surface area (TPSA) is 84.0 Å². The maximum atomic E-state index is 11.9. The van der Waals surface area contributed by atoms with E-state index in [1.54, 1.807) is 7.05 Å². The quantitative estimate of drug-likeness (QED) is 0.794. The summed E-state index contributed by atoms with van der Waals surface area (Å²) in [6.07, 6.45) is 4.31. The average molecular weight is 258 g/mol. The highest BCUT2D eigenvalue weighted by Gasteiger charge is 2.17. The summed E-state index contributed by atoms with van der Waals surface area (Å²) in [5, 5.41) is 2.73. The Bertz CT molecular complexity index is 444. The van der Waals surface area contributed by atoms with Crippen molar-refractivity contribution in [1.29, 1.82) is 0 Å². The van der Waals surface area contributed by atoms with Crippen molar-refractivity contribution < 1.29 is 8.42 Å². The lowest BCUT2D eigenvalue weighted by molar-refractivity contribution is 0.543. The van der Waals surface area contributed by atoms with Gasteiger partial charge in [-0.05, 0) is 13.3 Å². The number of nitrogens with zero attached hydrogens (tertiary/aromatic N) is 2. The highest BCUT2D eigenvalue weighted by Crippen LogP contribution is 2.09. The Labute approximate surface area is 102 Å². The fourth-order valence-electron chi connectivity index (χ4n) is 1.41. The molecule has 96 valence electrons. The van der Waals surface area contributed by atoms with Gasteiger partial charge < -0.3 is 5.32 Å². The smallest absolute Gasteiger partial charge is 0.243 e. The van der Waals surface area contributed by atoms with Crippen molar-refractivity contribution in [1.82, 2.24) is 14.7 Å². The second-order valence-corrected chi connectivity index (χ2v) is 5.52. The van der Waals surface area contributed by atoms with Crippen LogP contribution in [0.3, 0.4) is 0 Å². The number of hydrogen-bond acceptors (Lipinski definition) is 5. The van der Waals surface area contributed by atoms with Gasteiger partial charge in [-0.3, -0.25) is 0 Å². The fraction of sp³-hybridized carbons (Fsp3) is 0.600. The summed E-state index contributed by atoms with van der Waals surface area (Å²) in [4.78, 5) is 7.83. The molecule has 1 heterocycles. The van der Waals surface area contributed by atoms with Crippen molar-refractivity contribution in [3.05, 3.63) is 12.4 Å². The predicted molar refractivity (Wildman–Crippen MR) is 66.3 cm³/mol. The fourth-order valence-corrected chi connectivity index (χ4v) is 2.58. The first-order chi connectivity index (χ1) is 7.99. The first kappa shape index (κ1) is 13.9. The zero-order chi connectivity index (χ0) is 12.9. The molecule has 0 fully saturated rings. The Balaban J connectivity index is 2.82. The lowest BCUT2D eigenvalue weighted by atomic mass is 10.2. The highest BCUT2D eigenvalue weighted by atomic mass is 32.2. The number of sulfonamides is 1. The van der Waals surface area contributed by atoms with E-state index in [1.807, 2.05) is 13.8 Å². The van der Waals surface area contributed by atoms with E-state index in [1.165, 1.54) is 12.4 Å². The Hall–Kier alpha value is -1.21. The summed E-state index contributed by atoms with van der Waals surface area (Å²) in [7, 11) is -1.84. The molecular formula is C10H18N4O2S. The van der Waals surface area contributed by atoms with Gasteiger partial charge in [0, 0.05) is 13.1 Å². The third-order valence-corrected chi connectivity index (χ3v) is 3.78. The van der Waals surface area contributed by atoms with Crippen LogP contribution in [0.1, 0.15) is 26.7 Å². The number of hydrogen-bond donors (Lipinski definition) is 2.